The summed E-state index contributed by atoms with van der Waals surface area (Å²) in [4.78, 5) is 16.2. The van der Waals surface area contributed by atoms with Crippen molar-refractivity contribution in [2.24, 2.45) is 0 Å². The number of carbonyl (C=O) groups is 1. The summed E-state index contributed by atoms with van der Waals surface area (Å²) in [7, 11) is 0. The Balaban J connectivity index is 1.67. The third kappa shape index (κ3) is 3.90. The molecule has 3 aromatic rings. The minimum Gasteiger partial charge on any atom is -0.480 e. The van der Waals surface area contributed by atoms with E-state index in [1.54, 1.807) is 22.7 Å². The lowest BCUT2D eigenvalue weighted by Crippen LogP contribution is -2.20. The Morgan fingerprint density at radius 3 is 2.84 bits per heavy atom. The molecule has 0 aliphatic heterocycles. The third-order valence-electron chi connectivity index (χ3n) is 3.40. The molecule has 2 heterocycles. The van der Waals surface area contributed by atoms with Crippen LogP contribution < -0.4 is 10.1 Å². The van der Waals surface area contributed by atoms with Gasteiger partial charge >= 0.3 is 6.18 Å². The van der Waals surface area contributed by atoms with Crippen LogP contribution in [0.1, 0.15) is 11.3 Å². The predicted octanol–water partition coefficient (Wildman–Crippen LogP) is 3.68. The second kappa shape index (κ2) is 6.46. The highest BCUT2D eigenvalue weighted by Crippen LogP contribution is 2.30. The zero-order chi connectivity index (χ0) is 18.0. The van der Waals surface area contributed by atoms with Gasteiger partial charge in [0.2, 0.25) is 0 Å². The highest BCUT2D eigenvalue weighted by Gasteiger charge is 2.30. The van der Waals surface area contributed by atoms with Crippen LogP contribution in [0.2, 0.25) is 0 Å². The SMILES string of the molecule is Cc1cn2cccc(OCC(=O)Nc3cccc(C(F)(F)F)c3)c2n1. The van der Waals surface area contributed by atoms with E-state index >= 15 is 0 Å². The molecule has 1 aromatic carbocycles. The summed E-state index contributed by atoms with van der Waals surface area (Å²) in [5.41, 5.74) is 0.582. The Morgan fingerprint density at radius 1 is 1.28 bits per heavy atom. The lowest BCUT2D eigenvalue weighted by molar-refractivity contribution is -0.137. The van der Waals surface area contributed by atoms with Gasteiger partial charge in [-0.05, 0) is 37.3 Å². The number of halogens is 3. The van der Waals surface area contributed by atoms with Gasteiger partial charge in [0, 0.05) is 18.1 Å². The predicted molar refractivity (Wildman–Crippen MR) is 85.5 cm³/mol. The molecule has 0 aliphatic carbocycles. The summed E-state index contributed by atoms with van der Waals surface area (Å²) in [6.07, 6.45) is -0.860. The zero-order valence-electron chi connectivity index (χ0n) is 13.2. The van der Waals surface area contributed by atoms with Crippen LogP contribution in [0.4, 0.5) is 18.9 Å². The van der Waals surface area contributed by atoms with Crippen LogP contribution in [0, 0.1) is 6.92 Å². The van der Waals surface area contributed by atoms with Gasteiger partial charge < -0.3 is 14.5 Å². The monoisotopic (exact) mass is 349 g/mol. The average molecular weight is 349 g/mol. The number of ether oxygens (including phenoxy) is 1. The molecule has 5 nitrogen and oxygen atoms in total. The molecular weight excluding hydrogens is 335 g/mol. The molecule has 0 saturated heterocycles. The number of hydrogen-bond acceptors (Lipinski definition) is 3. The standard InChI is InChI=1S/C17H14F3N3O2/c1-11-9-23-7-3-6-14(16(23)21-11)25-10-15(24)22-13-5-2-4-12(8-13)17(18,19)20/h2-9H,10H2,1H3,(H,22,24). The Hall–Kier alpha value is -3.03. The number of aromatic nitrogens is 2. The van der Waals surface area contributed by atoms with E-state index in [-0.39, 0.29) is 12.3 Å². The number of imidazole rings is 1. The number of hydrogen-bond donors (Lipinski definition) is 1. The number of nitrogens with one attached hydrogen (secondary N) is 1. The van der Waals surface area contributed by atoms with E-state index in [2.05, 4.69) is 10.3 Å². The fourth-order valence-corrected chi connectivity index (χ4v) is 2.34. The van der Waals surface area contributed by atoms with Crippen molar-refractivity contribution in [3.8, 4) is 5.75 Å². The van der Waals surface area contributed by atoms with Crippen molar-refractivity contribution < 1.29 is 22.7 Å². The van der Waals surface area contributed by atoms with Crippen LogP contribution >= 0.6 is 0 Å². The molecule has 1 N–H and O–H groups in total. The van der Waals surface area contributed by atoms with Gasteiger partial charge in [0.15, 0.2) is 18.0 Å². The van der Waals surface area contributed by atoms with E-state index in [1.807, 2.05) is 13.1 Å². The van der Waals surface area contributed by atoms with E-state index < -0.39 is 17.6 Å². The van der Waals surface area contributed by atoms with Crippen LogP contribution in [0.3, 0.4) is 0 Å². The van der Waals surface area contributed by atoms with Crippen LogP contribution in [0.25, 0.3) is 5.65 Å². The summed E-state index contributed by atoms with van der Waals surface area (Å²) >= 11 is 0. The van der Waals surface area contributed by atoms with Gasteiger partial charge in [-0.15, -0.1) is 0 Å². The highest BCUT2D eigenvalue weighted by atomic mass is 19.4. The number of pyridine rings is 1. The lowest BCUT2D eigenvalue weighted by atomic mass is 10.2. The first-order valence-corrected chi connectivity index (χ1v) is 7.37. The van der Waals surface area contributed by atoms with Crippen LogP contribution in [0.15, 0.2) is 48.8 Å². The van der Waals surface area contributed by atoms with E-state index in [1.165, 1.54) is 12.1 Å². The zero-order valence-corrected chi connectivity index (χ0v) is 13.2. The molecule has 2 aromatic heterocycles. The summed E-state index contributed by atoms with van der Waals surface area (Å²) in [6.45, 7) is 1.49. The van der Waals surface area contributed by atoms with E-state index in [4.69, 9.17) is 4.74 Å². The molecule has 0 unspecified atom stereocenters. The molecule has 0 aliphatic rings. The molecule has 0 atom stereocenters. The minimum atomic E-state index is -4.47. The molecule has 0 radical (unpaired) electrons. The number of fused-ring (bicyclic) bond motifs is 1. The lowest BCUT2D eigenvalue weighted by Gasteiger charge is -2.10. The number of anilines is 1. The van der Waals surface area contributed by atoms with Gasteiger partial charge in [0.1, 0.15) is 0 Å². The maximum atomic E-state index is 12.7. The van der Waals surface area contributed by atoms with Crippen molar-refractivity contribution in [1.82, 2.24) is 9.38 Å². The Kier molecular flexibility index (Phi) is 4.35. The fourth-order valence-electron chi connectivity index (χ4n) is 2.34. The van der Waals surface area contributed by atoms with Crippen molar-refractivity contribution in [3.05, 3.63) is 60.0 Å². The fraction of sp³-hybridized carbons (Fsp3) is 0.176. The molecule has 1 amide bonds. The van der Waals surface area contributed by atoms with Gasteiger partial charge in [-0.1, -0.05) is 6.07 Å². The first-order valence-electron chi connectivity index (χ1n) is 7.37. The quantitative estimate of drug-likeness (QED) is 0.782. The largest absolute Gasteiger partial charge is 0.480 e. The normalized spacial score (nSPS) is 11.5. The number of aryl methyl sites for hydroxylation is 1. The molecule has 0 fully saturated rings. The molecule has 0 saturated carbocycles. The summed E-state index contributed by atoms with van der Waals surface area (Å²) < 4.78 is 45.2. The Labute approximate surface area is 141 Å². The number of alkyl halides is 3. The van der Waals surface area contributed by atoms with Crippen molar-refractivity contribution in [1.29, 1.82) is 0 Å². The first kappa shape index (κ1) is 16.8. The van der Waals surface area contributed by atoms with Crippen LogP contribution in [0.5, 0.6) is 5.75 Å². The molecule has 25 heavy (non-hydrogen) atoms. The van der Waals surface area contributed by atoms with Gasteiger partial charge in [0.05, 0.1) is 11.3 Å². The summed E-state index contributed by atoms with van der Waals surface area (Å²) in [6, 6.07) is 7.83. The van der Waals surface area contributed by atoms with Crippen molar-refractivity contribution >= 4 is 17.2 Å². The maximum absolute atomic E-state index is 12.7. The number of nitrogens with zero attached hydrogens (tertiary/aromatic N) is 2. The number of carbonyl (C=O) groups excluding carboxylic acids is 1. The maximum Gasteiger partial charge on any atom is 0.416 e. The Bertz CT molecular complexity index is 919. The van der Waals surface area contributed by atoms with Gasteiger partial charge in [-0.2, -0.15) is 13.2 Å². The van der Waals surface area contributed by atoms with Gasteiger partial charge in [0.25, 0.3) is 5.91 Å². The van der Waals surface area contributed by atoms with Crippen LogP contribution in [-0.4, -0.2) is 21.9 Å². The third-order valence-corrected chi connectivity index (χ3v) is 3.40. The number of rotatable bonds is 4. The van der Waals surface area contributed by atoms with Gasteiger partial charge in [-0.25, -0.2) is 4.98 Å². The number of benzene rings is 1. The second-order valence-corrected chi connectivity index (χ2v) is 5.40. The number of amides is 1. The average Bonchev–Trinajstić information content (AvgIpc) is 2.93. The van der Waals surface area contributed by atoms with Crippen LogP contribution in [-0.2, 0) is 11.0 Å². The van der Waals surface area contributed by atoms with Crippen molar-refractivity contribution in [3.63, 3.8) is 0 Å². The second-order valence-electron chi connectivity index (χ2n) is 5.40. The molecule has 3 rings (SSSR count). The topological polar surface area (TPSA) is 55.6 Å². The molecule has 8 heteroatoms. The summed E-state index contributed by atoms with van der Waals surface area (Å²) in [5, 5.41) is 2.39. The van der Waals surface area contributed by atoms with Crippen molar-refractivity contribution in [2.75, 3.05) is 11.9 Å². The van der Waals surface area contributed by atoms with E-state index in [0.717, 1.165) is 17.8 Å². The Morgan fingerprint density at radius 2 is 2.08 bits per heavy atom. The summed E-state index contributed by atoms with van der Waals surface area (Å²) in [5.74, 6) is -0.153. The van der Waals surface area contributed by atoms with E-state index in [0.29, 0.717) is 11.4 Å². The molecule has 0 bridgehead atoms. The van der Waals surface area contributed by atoms with Gasteiger partial charge in [-0.3, -0.25) is 4.79 Å². The first-order chi connectivity index (χ1) is 11.8. The molecule has 0 spiro atoms. The molecule has 130 valence electrons. The minimum absolute atomic E-state index is 0.0540. The van der Waals surface area contributed by atoms with Crippen molar-refractivity contribution in [2.45, 2.75) is 13.1 Å². The smallest absolute Gasteiger partial charge is 0.416 e. The van der Waals surface area contributed by atoms with E-state index in [9.17, 15) is 18.0 Å². The molecular formula is C17H14F3N3O2. The highest BCUT2D eigenvalue weighted by molar-refractivity contribution is 5.92.